The number of nitrogens with zero attached hydrogens (tertiary/aromatic N) is 3. The van der Waals surface area contributed by atoms with E-state index in [1.807, 2.05) is 52.5 Å². The highest BCUT2D eigenvalue weighted by atomic mass is 32.1. The van der Waals surface area contributed by atoms with Gasteiger partial charge in [0.15, 0.2) is 0 Å². The van der Waals surface area contributed by atoms with Crippen LogP contribution < -0.4 is 10.6 Å². The van der Waals surface area contributed by atoms with Crippen LogP contribution in [0.25, 0.3) is 0 Å². The summed E-state index contributed by atoms with van der Waals surface area (Å²) in [6, 6.07) is -0.255. The highest BCUT2D eigenvalue weighted by Crippen LogP contribution is 2.26. The molecule has 0 bridgehead atoms. The van der Waals surface area contributed by atoms with Gasteiger partial charge in [-0.05, 0) is 41.0 Å². The second-order valence-electron chi connectivity index (χ2n) is 6.67. The Morgan fingerprint density at radius 2 is 2.04 bits per heavy atom. The van der Waals surface area contributed by atoms with Gasteiger partial charge in [0.05, 0.1) is 17.3 Å². The quantitative estimate of drug-likeness (QED) is 0.868. The standard InChI is InChI=1S/C17H27N5OS/c1-8-13(14-11(3)21-22(7)12(14)4)19-16(23)20-17(5,6)15-18-9-10(2)24-15/h9,13H,8H2,1-7H3,(H2,19,20,23)/t13-/m0/s1. The summed E-state index contributed by atoms with van der Waals surface area (Å²) in [4.78, 5) is 18.1. The van der Waals surface area contributed by atoms with E-state index in [9.17, 15) is 4.79 Å². The topological polar surface area (TPSA) is 71.8 Å². The molecule has 2 aromatic heterocycles. The van der Waals surface area contributed by atoms with E-state index >= 15 is 0 Å². The van der Waals surface area contributed by atoms with E-state index in [-0.39, 0.29) is 12.1 Å². The third-order valence-corrected chi connectivity index (χ3v) is 5.45. The average molecular weight is 350 g/mol. The Morgan fingerprint density at radius 3 is 2.50 bits per heavy atom. The van der Waals surface area contributed by atoms with Crippen LogP contribution in [0.3, 0.4) is 0 Å². The second-order valence-corrected chi connectivity index (χ2v) is 7.90. The summed E-state index contributed by atoms with van der Waals surface area (Å²) in [6.07, 6.45) is 2.64. The third-order valence-electron chi connectivity index (χ3n) is 4.21. The Kier molecular flexibility index (Phi) is 5.32. The predicted octanol–water partition coefficient (Wildman–Crippen LogP) is 3.49. The van der Waals surface area contributed by atoms with Crippen LogP contribution in [0.1, 0.15) is 60.1 Å². The highest BCUT2D eigenvalue weighted by Gasteiger charge is 2.28. The van der Waals surface area contributed by atoms with Gasteiger partial charge in [-0.25, -0.2) is 9.78 Å². The van der Waals surface area contributed by atoms with Gasteiger partial charge < -0.3 is 10.6 Å². The molecule has 2 aromatic rings. The fraction of sp³-hybridized carbons (Fsp3) is 0.588. The molecule has 0 saturated carbocycles. The van der Waals surface area contributed by atoms with Crippen molar-refractivity contribution in [1.82, 2.24) is 25.4 Å². The molecule has 6 nitrogen and oxygen atoms in total. The molecule has 0 aliphatic rings. The summed E-state index contributed by atoms with van der Waals surface area (Å²) in [5, 5.41) is 11.5. The molecule has 1 atom stereocenters. The van der Waals surface area contributed by atoms with Crippen LogP contribution in [0.15, 0.2) is 6.20 Å². The molecule has 0 spiro atoms. The Hall–Kier alpha value is -1.89. The number of rotatable bonds is 5. The average Bonchev–Trinajstić information content (AvgIpc) is 3.02. The van der Waals surface area contributed by atoms with E-state index in [2.05, 4.69) is 27.6 Å². The molecule has 2 heterocycles. The van der Waals surface area contributed by atoms with Crippen LogP contribution >= 0.6 is 11.3 Å². The number of hydrogen-bond donors (Lipinski definition) is 2. The van der Waals surface area contributed by atoms with Crippen LogP contribution in [-0.2, 0) is 12.6 Å². The molecular weight excluding hydrogens is 322 g/mol. The molecule has 0 saturated heterocycles. The van der Waals surface area contributed by atoms with Crippen LogP contribution in [0.5, 0.6) is 0 Å². The fourth-order valence-electron chi connectivity index (χ4n) is 2.85. The van der Waals surface area contributed by atoms with Crippen LogP contribution in [0.4, 0.5) is 4.79 Å². The van der Waals surface area contributed by atoms with Crippen molar-refractivity contribution in [1.29, 1.82) is 0 Å². The van der Waals surface area contributed by atoms with Gasteiger partial charge in [0.2, 0.25) is 0 Å². The Labute approximate surface area is 147 Å². The molecule has 0 aromatic carbocycles. The minimum atomic E-state index is -0.514. The number of urea groups is 1. The maximum absolute atomic E-state index is 12.5. The lowest BCUT2D eigenvalue weighted by atomic mass is 10.0. The van der Waals surface area contributed by atoms with Gasteiger partial charge in [-0.2, -0.15) is 5.10 Å². The van der Waals surface area contributed by atoms with Gasteiger partial charge in [-0.3, -0.25) is 4.68 Å². The number of nitrogens with one attached hydrogen (secondary N) is 2. The normalized spacial score (nSPS) is 13.0. The van der Waals surface area contributed by atoms with E-state index in [1.54, 1.807) is 11.3 Å². The Bertz CT molecular complexity index is 731. The van der Waals surface area contributed by atoms with Crippen molar-refractivity contribution in [2.45, 2.75) is 59.5 Å². The van der Waals surface area contributed by atoms with Gasteiger partial charge in [0, 0.05) is 29.4 Å². The first-order valence-electron chi connectivity index (χ1n) is 8.17. The van der Waals surface area contributed by atoms with Crippen molar-refractivity contribution >= 4 is 17.4 Å². The molecule has 2 rings (SSSR count). The summed E-state index contributed by atoms with van der Waals surface area (Å²) < 4.78 is 1.86. The van der Waals surface area contributed by atoms with Gasteiger partial charge in [-0.15, -0.1) is 11.3 Å². The summed E-state index contributed by atoms with van der Waals surface area (Å²) >= 11 is 1.60. The Morgan fingerprint density at radius 1 is 1.38 bits per heavy atom. The zero-order chi connectivity index (χ0) is 18.1. The molecular formula is C17H27N5OS. The summed E-state index contributed by atoms with van der Waals surface area (Å²) in [5.41, 5.74) is 2.62. The fourth-order valence-corrected chi connectivity index (χ4v) is 3.67. The van der Waals surface area contributed by atoms with E-state index in [0.717, 1.165) is 33.3 Å². The first kappa shape index (κ1) is 18.4. The van der Waals surface area contributed by atoms with E-state index in [4.69, 9.17) is 0 Å². The molecule has 0 aliphatic carbocycles. The number of aryl methyl sites for hydroxylation is 3. The van der Waals surface area contributed by atoms with Crippen molar-refractivity contribution in [2.75, 3.05) is 0 Å². The van der Waals surface area contributed by atoms with Gasteiger partial charge >= 0.3 is 6.03 Å². The summed E-state index contributed by atoms with van der Waals surface area (Å²) in [6.45, 7) is 12.0. The summed E-state index contributed by atoms with van der Waals surface area (Å²) in [5.74, 6) is 0. The number of carbonyl (C=O) groups excluding carboxylic acids is 1. The SMILES string of the molecule is CC[C@H](NC(=O)NC(C)(C)c1ncc(C)s1)c1c(C)nn(C)c1C. The number of thiazole rings is 1. The maximum Gasteiger partial charge on any atom is 0.316 e. The minimum Gasteiger partial charge on any atom is -0.331 e. The number of amides is 2. The number of hydrogen-bond acceptors (Lipinski definition) is 4. The molecule has 132 valence electrons. The van der Waals surface area contributed by atoms with Gasteiger partial charge in [0.25, 0.3) is 0 Å². The lowest BCUT2D eigenvalue weighted by Crippen LogP contribution is -2.47. The Balaban J connectivity index is 2.12. The molecule has 24 heavy (non-hydrogen) atoms. The minimum absolute atomic E-state index is 0.0625. The van der Waals surface area contributed by atoms with Gasteiger partial charge in [-0.1, -0.05) is 6.92 Å². The van der Waals surface area contributed by atoms with Crippen LogP contribution in [0.2, 0.25) is 0 Å². The van der Waals surface area contributed by atoms with Crippen LogP contribution in [0, 0.1) is 20.8 Å². The maximum atomic E-state index is 12.5. The first-order valence-corrected chi connectivity index (χ1v) is 8.99. The highest BCUT2D eigenvalue weighted by molar-refractivity contribution is 7.11. The summed E-state index contributed by atoms with van der Waals surface area (Å²) in [7, 11) is 1.92. The monoisotopic (exact) mass is 349 g/mol. The number of carbonyl (C=O) groups is 1. The van der Waals surface area contributed by atoms with Crippen molar-refractivity contribution in [3.05, 3.63) is 33.0 Å². The largest absolute Gasteiger partial charge is 0.331 e. The lowest BCUT2D eigenvalue weighted by Gasteiger charge is -2.26. The van der Waals surface area contributed by atoms with E-state index in [1.165, 1.54) is 0 Å². The molecule has 2 amide bonds. The van der Waals surface area contributed by atoms with Gasteiger partial charge in [0.1, 0.15) is 5.01 Å². The molecule has 0 aliphatic heterocycles. The molecule has 0 unspecified atom stereocenters. The predicted molar refractivity (Wildman–Crippen MR) is 97.3 cm³/mol. The number of aromatic nitrogens is 3. The third kappa shape index (κ3) is 3.77. The van der Waals surface area contributed by atoms with Crippen molar-refractivity contribution in [3.63, 3.8) is 0 Å². The van der Waals surface area contributed by atoms with Crippen molar-refractivity contribution in [3.8, 4) is 0 Å². The molecule has 2 N–H and O–H groups in total. The van der Waals surface area contributed by atoms with Crippen molar-refractivity contribution < 1.29 is 4.79 Å². The zero-order valence-electron chi connectivity index (χ0n) is 15.5. The first-order chi connectivity index (χ1) is 11.2. The second kappa shape index (κ2) is 6.93. The molecule has 0 radical (unpaired) electrons. The molecule has 0 fully saturated rings. The smallest absolute Gasteiger partial charge is 0.316 e. The molecule has 7 heteroatoms. The van der Waals surface area contributed by atoms with E-state index < -0.39 is 5.54 Å². The lowest BCUT2D eigenvalue weighted by molar-refractivity contribution is 0.225. The zero-order valence-corrected chi connectivity index (χ0v) is 16.3. The van der Waals surface area contributed by atoms with Crippen LogP contribution in [-0.4, -0.2) is 20.8 Å². The van der Waals surface area contributed by atoms with Crippen molar-refractivity contribution in [2.24, 2.45) is 7.05 Å². The van der Waals surface area contributed by atoms with E-state index in [0.29, 0.717) is 0 Å².